The first-order valence-electron chi connectivity index (χ1n) is 7.47. The summed E-state index contributed by atoms with van der Waals surface area (Å²) in [5.74, 6) is 6.26. The van der Waals surface area contributed by atoms with Gasteiger partial charge in [0, 0.05) is 6.61 Å². The Morgan fingerprint density at radius 3 is 2.70 bits per heavy atom. The van der Waals surface area contributed by atoms with E-state index in [1.807, 2.05) is 13.0 Å². The zero-order chi connectivity index (χ0) is 14.6. The number of nitrogens with two attached hydrogens (primary N) is 1. The van der Waals surface area contributed by atoms with Crippen LogP contribution in [0.5, 0.6) is 0 Å². The molecule has 1 aromatic carbocycles. The molecule has 1 aliphatic rings. The maximum Gasteiger partial charge on any atom is 0.123 e. The minimum atomic E-state index is -0.330. The van der Waals surface area contributed by atoms with Crippen LogP contribution in [-0.4, -0.2) is 12.2 Å². The van der Waals surface area contributed by atoms with Crippen LogP contribution in [0.1, 0.15) is 51.1 Å². The van der Waals surface area contributed by atoms with E-state index in [0.29, 0.717) is 6.61 Å². The van der Waals surface area contributed by atoms with Crippen LogP contribution in [-0.2, 0) is 4.74 Å². The normalized spacial score (nSPS) is 28.3. The van der Waals surface area contributed by atoms with E-state index < -0.39 is 0 Å². The Hall–Kier alpha value is -0.970. The fourth-order valence-electron chi connectivity index (χ4n) is 3.29. The Bertz CT molecular complexity index is 430. The van der Waals surface area contributed by atoms with Crippen LogP contribution in [0.2, 0.25) is 0 Å². The van der Waals surface area contributed by atoms with Gasteiger partial charge in [0.15, 0.2) is 0 Å². The Kier molecular flexibility index (Phi) is 5.13. The van der Waals surface area contributed by atoms with E-state index in [2.05, 4.69) is 12.3 Å². The second-order valence-electron chi connectivity index (χ2n) is 5.83. The van der Waals surface area contributed by atoms with Crippen LogP contribution in [0.4, 0.5) is 4.39 Å². The van der Waals surface area contributed by atoms with Crippen molar-refractivity contribution in [1.82, 2.24) is 5.43 Å². The molecule has 3 N–H and O–H groups in total. The van der Waals surface area contributed by atoms with Crippen molar-refractivity contribution < 1.29 is 9.13 Å². The maximum atomic E-state index is 13.5. The molecule has 1 fully saturated rings. The van der Waals surface area contributed by atoms with E-state index in [1.165, 1.54) is 6.07 Å². The van der Waals surface area contributed by atoms with Gasteiger partial charge in [-0.05, 0) is 56.2 Å². The van der Waals surface area contributed by atoms with Gasteiger partial charge in [0.25, 0.3) is 0 Å². The van der Waals surface area contributed by atoms with Crippen molar-refractivity contribution in [3.05, 3.63) is 35.6 Å². The molecule has 0 radical (unpaired) electrons. The third kappa shape index (κ3) is 3.19. The predicted octanol–water partition coefficient (Wildman–Crippen LogP) is 3.32. The van der Waals surface area contributed by atoms with Gasteiger partial charge < -0.3 is 4.74 Å². The van der Waals surface area contributed by atoms with Crippen LogP contribution in [0.15, 0.2) is 24.3 Å². The Labute approximate surface area is 120 Å². The third-order valence-corrected chi connectivity index (χ3v) is 4.43. The molecular formula is C16H25FN2O. The first-order valence-corrected chi connectivity index (χ1v) is 7.47. The lowest BCUT2D eigenvalue weighted by Crippen LogP contribution is -2.50. The molecule has 0 aliphatic heterocycles. The molecule has 1 aromatic rings. The molecular weight excluding hydrogens is 255 g/mol. The minimum Gasteiger partial charge on any atom is -0.373 e. The van der Waals surface area contributed by atoms with Crippen molar-refractivity contribution in [1.29, 1.82) is 0 Å². The van der Waals surface area contributed by atoms with Crippen molar-refractivity contribution in [2.75, 3.05) is 6.61 Å². The first kappa shape index (κ1) is 15.4. The van der Waals surface area contributed by atoms with Gasteiger partial charge in [-0.25, -0.2) is 4.39 Å². The summed E-state index contributed by atoms with van der Waals surface area (Å²) in [6.45, 7) is 4.91. The van der Waals surface area contributed by atoms with Crippen LogP contribution in [0.3, 0.4) is 0 Å². The molecule has 112 valence electrons. The lowest BCUT2D eigenvalue weighted by molar-refractivity contribution is -0.0977. The second-order valence-corrected chi connectivity index (χ2v) is 5.83. The summed E-state index contributed by atoms with van der Waals surface area (Å²) >= 11 is 0. The fraction of sp³-hybridized carbons (Fsp3) is 0.625. The topological polar surface area (TPSA) is 47.3 Å². The van der Waals surface area contributed by atoms with Crippen molar-refractivity contribution in [2.24, 2.45) is 11.8 Å². The number of nitrogens with one attached hydrogen (secondary N) is 1. The Morgan fingerprint density at radius 2 is 2.15 bits per heavy atom. The molecule has 0 aromatic heterocycles. The lowest BCUT2D eigenvalue weighted by atomic mass is 9.73. The zero-order valence-electron chi connectivity index (χ0n) is 12.4. The molecule has 0 bridgehead atoms. The molecule has 1 saturated carbocycles. The predicted molar refractivity (Wildman–Crippen MR) is 78.5 cm³/mol. The molecule has 3 nitrogen and oxygen atoms in total. The average Bonchev–Trinajstić information content (AvgIpc) is 2.43. The number of hydrogen-bond donors (Lipinski definition) is 2. The van der Waals surface area contributed by atoms with Gasteiger partial charge in [-0.15, -0.1) is 0 Å². The highest BCUT2D eigenvalue weighted by Gasteiger charge is 2.42. The van der Waals surface area contributed by atoms with Gasteiger partial charge >= 0.3 is 0 Å². The fourth-order valence-corrected chi connectivity index (χ4v) is 3.29. The maximum absolute atomic E-state index is 13.5. The van der Waals surface area contributed by atoms with Crippen LogP contribution in [0.25, 0.3) is 0 Å². The van der Waals surface area contributed by atoms with E-state index in [0.717, 1.165) is 37.2 Å². The Balaban J connectivity index is 2.30. The monoisotopic (exact) mass is 280 g/mol. The molecule has 1 unspecified atom stereocenters. The van der Waals surface area contributed by atoms with E-state index >= 15 is 0 Å². The summed E-state index contributed by atoms with van der Waals surface area (Å²) in [5.41, 5.74) is 3.39. The highest BCUT2D eigenvalue weighted by atomic mass is 19.1. The number of benzene rings is 1. The van der Waals surface area contributed by atoms with E-state index in [1.54, 1.807) is 12.1 Å². The number of halogens is 1. The second kappa shape index (κ2) is 6.66. The standard InChI is InChI=1S/C16H25FN2O/c1-3-20-16(9-7-12(2)8-10-16)15(19-18)13-5-4-6-14(17)11-13/h4-6,11-12,15,19H,3,7-10,18H2,1-2H3. The highest BCUT2D eigenvalue weighted by Crippen LogP contribution is 2.43. The largest absolute Gasteiger partial charge is 0.373 e. The molecule has 1 atom stereocenters. The third-order valence-electron chi connectivity index (χ3n) is 4.43. The first-order chi connectivity index (χ1) is 9.61. The van der Waals surface area contributed by atoms with Gasteiger partial charge in [0.1, 0.15) is 5.82 Å². The summed E-state index contributed by atoms with van der Waals surface area (Å²) in [6.07, 6.45) is 4.14. The summed E-state index contributed by atoms with van der Waals surface area (Å²) in [7, 11) is 0. The molecule has 0 saturated heterocycles. The minimum absolute atomic E-state index is 0.175. The van der Waals surface area contributed by atoms with Crippen molar-refractivity contribution in [3.63, 3.8) is 0 Å². The van der Waals surface area contributed by atoms with Gasteiger partial charge in [-0.3, -0.25) is 11.3 Å². The molecule has 0 spiro atoms. The van der Waals surface area contributed by atoms with Crippen molar-refractivity contribution >= 4 is 0 Å². The number of hydrogen-bond acceptors (Lipinski definition) is 3. The van der Waals surface area contributed by atoms with E-state index in [9.17, 15) is 4.39 Å². The van der Waals surface area contributed by atoms with E-state index in [4.69, 9.17) is 10.6 Å². The number of hydrazine groups is 1. The molecule has 4 heteroatoms. The number of ether oxygens (including phenoxy) is 1. The SMILES string of the molecule is CCOC1(C(NN)c2cccc(F)c2)CCC(C)CC1. The van der Waals surface area contributed by atoms with Gasteiger partial charge in [-0.2, -0.15) is 0 Å². The van der Waals surface area contributed by atoms with Gasteiger partial charge in [-0.1, -0.05) is 19.1 Å². The summed E-state index contributed by atoms with van der Waals surface area (Å²) < 4.78 is 19.6. The van der Waals surface area contributed by atoms with Gasteiger partial charge in [0.05, 0.1) is 11.6 Å². The average molecular weight is 280 g/mol. The summed E-state index contributed by atoms with van der Waals surface area (Å²) in [5, 5.41) is 0. The number of rotatable bonds is 5. The lowest BCUT2D eigenvalue weighted by Gasteiger charge is -2.44. The molecule has 2 rings (SSSR count). The molecule has 20 heavy (non-hydrogen) atoms. The molecule has 1 aliphatic carbocycles. The molecule has 0 amide bonds. The van der Waals surface area contributed by atoms with Crippen LogP contribution >= 0.6 is 0 Å². The summed E-state index contributed by atoms with van der Waals surface area (Å²) in [4.78, 5) is 0. The molecule has 0 heterocycles. The summed E-state index contributed by atoms with van der Waals surface area (Å²) in [6, 6.07) is 6.45. The smallest absolute Gasteiger partial charge is 0.123 e. The van der Waals surface area contributed by atoms with Crippen molar-refractivity contribution in [2.45, 2.75) is 51.2 Å². The highest BCUT2D eigenvalue weighted by molar-refractivity contribution is 5.23. The quantitative estimate of drug-likeness (QED) is 0.642. The van der Waals surface area contributed by atoms with Crippen LogP contribution in [0, 0.1) is 11.7 Å². The van der Waals surface area contributed by atoms with Crippen molar-refractivity contribution in [3.8, 4) is 0 Å². The van der Waals surface area contributed by atoms with E-state index in [-0.39, 0.29) is 17.5 Å². The Morgan fingerprint density at radius 1 is 1.45 bits per heavy atom. The van der Waals surface area contributed by atoms with Crippen LogP contribution < -0.4 is 11.3 Å². The van der Waals surface area contributed by atoms with Gasteiger partial charge in [0.2, 0.25) is 0 Å². The zero-order valence-corrected chi connectivity index (χ0v) is 12.4.